The van der Waals surface area contributed by atoms with Gasteiger partial charge in [0.25, 0.3) is 0 Å². The molecule has 21 heavy (non-hydrogen) atoms. The summed E-state index contributed by atoms with van der Waals surface area (Å²) >= 11 is 0. The monoisotopic (exact) mass is 298 g/mol. The Morgan fingerprint density at radius 3 is 1.81 bits per heavy atom. The van der Waals surface area contributed by atoms with Crippen LogP contribution in [0.5, 0.6) is 0 Å². The molecule has 1 aromatic carbocycles. The van der Waals surface area contributed by atoms with Crippen molar-refractivity contribution in [1.29, 1.82) is 0 Å². The highest BCUT2D eigenvalue weighted by atomic mass is 19.1. The zero-order valence-electron chi connectivity index (χ0n) is 13.8. The quantitative estimate of drug-likeness (QED) is 0.776. The Kier molecular flexibility index (Phi) is 6.75. The van der Waals surface area contributed by atoms with Crippen LogP contribution >= 0.6 is 0 Å². The van der Waals surface area contributed by atoms with Crippen LogP contribution in [-0.4, -0.2) is 30.6 Å². The van der Waals surface area contributed by atoms with E-state index in [0.717, 1.165) is 32.0 Å². The van der Waals surface area contributed by atoms with Gasteiger partial charge in [-0.05, 0) is 50.7 Å². The maximum atomic E-state index is 13.6. The van der Waals surface area contributed by atoms with E-state index < -0.39 is 11.6 Å². The highest BCUT2D eigenvalue weighted by Crippen LogP contribution is 2.37. The average Bonchev–Trinajstić information content (AvgIpc) is 2.46. The summed E-state index contributed by atoms with van der Waals surface area (Å²) in [5, 5.41) is 3.29. The minimum absolute atomic E-state index is 0.113. The van der Waals surface area contributed by atoms with Gasteiger partial charge in [0.1, 0.15) is 11.6 Å². The number of rotatable bonds is 8. The first-order valence-electron chi connectivity index (χ1n) is 7.87. The van der Waals surface area contributed by atoms with E-state index in [0.29, 0.717) is 5.56 Å². The predicted octanol–water partition coefficient (Wildman–Crippen LogP) is 4.13. The fourth-order valence-corrected chi connectivity index (χ4v) is 3.63. The van der Waals surface area contributed by atoms with Crippen LogP contribution in [0.2, 0.25) is 0 Å². The molecule has 0 aliphatic heterocycles. The molecule has 0 aliphatic carbocycles. The third-order valence-electron chi connectivity index (χ3n) is 4.66. The second-order valence-electron chi connectivity index (χ2n) is 5.41. The van der Waals surface area contributed by atoms with Crippen molar-refractivity contribution in [2.24, 2.45) is 0 Å². The molecule has 1 unspecified atom stereocenters. The molecular formula is C17H28F2N2. The van der Waals surface area contributed by atoms with E-state index in [2.05, 4.69) is 37.9 Å². The number of hydrogen-bond acceptors (Lipinski definition) is 2. The zero-order valence-corrected chi connectivity index (χ0v) is 13.8. The molecule has 0 aromatic heterocycles. The maximum absolute atomic E-state index is 13.6. The SMILES string of the molecule is CCN(CC)C(CC)(CC)C(NC)c1cc(F)cc(F)c1. The topological polar surface area (TPSA) is 15.3 Å². The Hall–Kier alpha value is -1.00. The van der Waals surface area contributed by atoms with E-state index in [1.807, 2.05) is 7.05 Å². The summed E-state index contributed by atoms with van der Waals surface area (Å²) in [5.41, 5.74) is 0.518. The Bertz CT molecular complexity index is 420. The molecule has 4 heteroatoms. The van der Waals surface area contributed by atoms with E-state index in [9.17, 15) is 8.78 Å². The first-order valence-corrected chi connectivity index (χ1v) is 7.87. The largest absolute Gasteiger partial charge is 0.311 e. The molecule has 0 heterocycles. The predicted molar refractivity (Wildman–Crippen MR) is 84.4 cm³/mol. The van der Waals surface area contributed by atoms with Crippen LogP contribution < -0.4 is 5.32 Å². The van der Waals surface area contributed by atoms with Crippen molar-refractivity contribution in [2.75, 3.05) is 20.1 Å². The van der Waals surface area contributed by atoms with Crippen LogP contribution in [0.15, 0.2) is 18.2 Å². The minimum atomic E-state index is -0.522. The Morgan fingerprint density at radius 2 is 1.48 bits per heavy atom. The zero-order chi connectivity index (χ0) is 16.0. The molecular weight excluding hydrogens is 270 g/mol. The lowest BCUT2D eigenvalue weighted by atomic mass is 9.79. The Labute approximate surface area is 127 Å². The van der Waals surface area contributed by atoms with E-state index in [-0.39, 0.29) is 11.6 Å². The molecule has 0 radical (unpaired) electrons. The van der Waals surface area contributed by atoms with Crippen molar-refractivity contribution in [1.82, 2.24) is 10.2 Å². The van der Waals surface area contributed by atoms with Crippen LogP contribution in [0, 0.1) is 11.6 Å². The molecule has 0 bridgehead atoms. The van der Waals surface area contributed by atoms with Gasteiger partial charge in [-0.1, -0.05) is 27.7 Å². The molecule has 2 nitrogen and oxygen atoms in total. The number of benzene rings is 1. The van der Waals surface area contributed by atoms with E-state index >= 15 is 0 Å². The maximum Gasteiger partial charge on any atom is 0.126 e. The smallest absolute Gasteiger partial charge is 0.126 e. The highest BCUT2D eigenvalue weighted by Gasteiger charge is 2.40. The number of nitrogens with zero attached hydrogens (tertiary/aromatic N) is 1. The first-order chi connectivity index (χ1) is 9.98. The van der Waals surface area contributed by atoms with Gasteiger partial charge in [0.2, 0.25) is 0 Å². The third kappa shape index (κ3) is 3.61. The molecule has 1 aromatic rings. The van der Waals surface area contributed by atoms with Crippen LogP contribution in [0.3, 0.4) is 0 Å². The number of hydrogen-bond donors (Lipinski definition) is 1. The highest BCUT2D eigenvalue weighted by molar-refractivity contribution is 5.25. The van der Waals surface area contributed by atoms with E-state index in [1.165, 1.54) is 12.1 Å². The lowest BCUT2D eigenvalue weighted by Gasteiger charge is -2.48. The third-order valence-corrected chi connectivity index (χ3v) is 4.66. The number of nitrogens with one attached hydrogen (secondary N) is 1. The molecule has 1 N–H and O–H groups in total. The van der Waals surface area contributed by atoms with Gasteiger partial charge >= 0.3 is 0 Å². The molecule has 0 saturated heterocycles. The molecule has 1 rings (SSSR count). The summed E-state index contributed by atoms with van der Waals surface area (Å²) in [6, 6.07) is 3.69. The van der Waals surface area contributed by atoms with Crippen LogP contribution in [-0.2, 0) is 0 Å². The van der Waals surface area contributed by atoms with Gasteiger partial charge in [-0.3, -0.25) is 4.90 Å². The molecule has 0 saturated carbocycles. The van der Waals surface area contributed by atoms with Gasteiger partial charge in [-0.25, -0.2) is 8.78 Å². The standard InChI is InChI=1S/C17H28F2N2/c1-6-17(7-2,21(8-3)9-4)16(20-5)13-10-14(18)12-15(19)11-13/h10-12,16,20H,6-9H2,1-5H3. The second-order valence-corrected chi connectivity index (χ2v) is 5.41. The van der Waals surface area contributed by atoms with Crippen molar-refractivity contribution < 1.29 is 8.78 Å². The number of halogens is 2. The fourth-order valence-electron chi connectivity index (χ4n) is 3.63. The summed E-state index contributed by atoms with van der Waals surface area (Å²) in [7, 11) is 1.86. The summed E-state index contributed by atoms with van der Waals surface area (Å²) < 4.78 is 27.2. The van der Waals surface area contributed by atoms with Gasteiger partial charge in [-0.15, -0.1) is 0 Å². The van der Waals surface area contributed by atoms with Gasteiger partial charge in [-0.2, -0.15) is 0 Å². The lowest BCUT2D eigenvalue weighted by Crippen LogP contribution is -2.55. The number of likely N-dealkylation sites (N-methyl/N-ethyl adjacent to an activating group) is 2. The molecule has 1 atom stereocenters. The van der Waals surface area contributed by atoms with Gasteiger partial charge in [0.15, 0.2) is 0 Å². The molecule has 0 amide bonds. The minimum Gasteiger partial charge on any atom is -0.311 e. The van der Waals surface area contributed by atoms with Gasteiger partial charge in [0.05, 0.1) is 6.04 Å². The Balaban J connectivity index is 3.36. The van der Waals surface area contributed by atoms with Gasteiger partial charge in [0, 0.05) is 11.6 Å². The van der Waals surface area contributed by atoms with Gasteiger partial charge < -0.3 is 5.32 Å². The van der Waals surface area contributed by atoms with Crippen molar-refractivity contribution >= 4 is 0 Å². The fraction of sp³-hybridized carbons (Fsp3) is 0.647. The van der Waals surface area contributed by atoms with E-state index in [1.54, 1.807) is 0 Å². The molecule has 120 valence electrons. The van der Waals surface area contributed by atoms with Crippen molar-refractivity contribution in [2.45, 2.75) is 52.1 Å². The molecule has 0 fully saturated rings. The van der Waals surface area contributed by atoms with Crippen LogP contribution in [0.1, 0.15) is 52.1 Å². The lowest BCUT2D eigenvalue weighted by molar-refractivity contribution is 0.0513. The average molecular weight is 298 g/mol. The van der Waals surface area contributed by atoms with E-state index in [4.69, 9.17) is 0 Å². The van der Waals surface area contributed by atoms with Crippen LogP contribution in [0.25, 0.3) is 0 Å². The summed E-state index contributed by atoms with van der Waals surface area (Å²) in [5.74, 6) is -1.04. The first kappa shape index (κ1) is 18.1. The normalized spacial score (nSPS) is 13.7. The second kappa shape index (κ2) is 7.85. The van der Waals surface area contributed by atoms with Crippen LogP contribution in [0.4, 0.5) is 8.78 Å². The van der Waals surface area contributed by atoms with Crippen molar-refractivity contribution in [3.05, 3.63) is 35.4 Å². The molecule has 0 spiro atoms. The summed E-state index contributed by atoms with van der Waals surface area (Å²) in [6.07, 6.45) is 1.82. The van der Waals surface area contributed by atoms with Crippen molar-refractivity contribution in [3.63, 3.8) is 0 Å². The summed E-state index contributed by atoms with van der Waals surface area (Å²) in [4.78, 5) is 2.39. The van der Waals surface area contributed by atoms with Crippen molar-refractivity contribution in [3.8, 4) is 0 Å². The molecule has 0 aliphatic rings. The summed E-state index contributed by atoms with van der Waals surface area (Å²) in [6.45, 7) is 10.4. The Morgan fingerprint density at radius 1 is 1.00 bits per heavy atom.